The average Bonchev–Trinajstić information content (AvgIpc) is 3.22. The van der Waals surface area contributed by atoms with Crippen molar-refractivity contribution in [1.29, 1.82) is 0 Å². The number of piperidine rings is 1. The Labute approximate surface area is 185 Å². The van der Waals surface area contributed by atoms with Crippen molar-refractivity contribution in [3.63, 3.8) is 0 Å². The fourth-order valence-electron chi connectivity index (χ4n) is 4.63. The molecule has 29 heavy (non-hydrogen) atoms. The second kappa shape index (κ2) is 10.5. The summed E-state index contributed by atoms with van der Waals surface area (Å²) in [7, 11) is 0. The number of amides is 2. The van der Waals surface area contributed by atoms with Crippen molar-refractivity contribution in [1.82, 2.24) is 15.1 Å². The van der Waals surface area contributed by atoms with Crippen LogP contribution >= 0.6 is 24.8 Å². The van der Waals surface area contributed by atoms with E-state index >= 15 is 0 Å². The largest absolute Gasteiger partial charge is 0.371 e. The van der Waals surface area contributed by atoms with Gasteiger partial charge in [0.05, 0.1) is 12.1 Å². The second-order valence-electron chi connectivity index (χ2n) is 8.03. The lowest BCUT2D eigenvalue weighted by atomic mass is 10.0. The summed E-state index contributed by atoms with van der Waals surface area (Å²) < 4.78 is 0. The minimum absolute atomic E-state index is 0. The van der Waals surface area contributed by atoms with Gasteiger partial charge >= 0.3 is 0 Å². The lowest BCUT2D eigenvalue weighted by Crippen LogP contribution is -2.57. The molecule has 0 saturated carbocycles. The molecule has 0 spiro atoms. The van der Waals surface area contributed by atoms with Gasteiger partial charge in [0.1, 0.15) is 0 Å². The van der Waals surface area contributed by atoms with Gasteiger partial charge in [-0.15, -0.1) is 24.8 Å². The zero-order valence-corrected chi connectivity index (χ0v) is 18.7. The monoisotopic (exact) mass is 442 g/mol. The molecule has 4 rings (SSSR count). The third kappa shape index (κ3) is 5.16. The molecule has 3 saturated heterocycles. The van der Waals surface area contributed by atoms with Gasteiger partial charge in [0.2, 0.25) is 5.91 Å². The van der Waals surface area contributed by atoms with Crippen LogP contribution in [-0.2, 0) is 4.79 Å². The molecule has 3 heterocycles. The molecule has 8 heteroatoms. The number of rotatable bonds is 3. The van der Waals surface area contributed by atoms with Crippen LogP contribution in [0.15, 0.2) is 18.2 Å². The Bertz CT molecular complexity index is 725. The zero-order chi connectivity index (χ0) is 18.8. The fourth-order valence-corrected chi connectivity index (χ4v) is 4.63. The van der Waals surface area contributed by atoms with Crippen LogP contribution in [0.4, 0.5) is 5.69 Å². The van der Waals surface area contributed by atoms with Crippen molar-refractivity contribution in [2.24, 2.45) is 0 Å². The van der Waals surface area contributed by atoms with Crippen molar-refractivity contribution in [3.05, 3.63) is 29.3 Å². The predicted molar refractivity (Wildman–Crippen MR) is 121 cm³/mol. The Hall–Kier alpha value is -1.50. The van der Waals surface area contributed by atoms with Crippen LogP contribution in [0.5, 0.6) is 0 Å². The lowest BCUT2D eigenvalue weighted by molar-refractivity contribution is -0.135. The van der Waals surface area contributed by atoms with E-state index in [0.29, 0.717) is 13.1 Å². The van der Waals surface area contributed by atoms with E-state index < -0.39 is 0 Å². The third-order valence-corrected chi connectivity index (χ3v) is 6.08. The summed E-state index contributed by atoms with van der Waals surface area (Å²) in [6.45, 7) is 7.54. The summed E-state index contributed by atoms with van der Waals surface area (Å²) in [5, 5.41) is 3.13. The van der Waals surface area contributed by atoms with Crippen LogP contribution in [0, 0.1) is 6.92 Å². The van der Waals surface area contributed by atoms with E-state index in [9.17, 15) is 9.59 Å². The topological polar surface area (TPSA) is 55.9 Å². The fraction of sp³-hybridized carbons (Fsp3) is 0.619. The molecule has 0 aromatic heterocycles. The lowest BCUT2D eigenvalue weighted by Gasteiger charge is -2.41. The van der Waals surface area contributed by atoms with Crippen molar-refractivity contribution in [2.45, 2.75) is 38.6 Å². The van der Waals surface area contributed by atoms with E-state index in [0.717, 1.165) is 62.4 Å². The second-order valence-corrected chi connectivity index (χ2v) is 8.03. The smallest absolute Gasteiger partial charge is 0.256 e. The minimum Gasteiger partial charge on any atom is -0.371 e. The maximum Gasteiger partial charge on any atom is 0.256 e. The van der Waals surface area contributed by atoms with Crippen LogP contribution in [0.1, 0.15) is 41.6 Å². The molecule has 0 aliphatic carbocycles. The number of carbonyl (C=O) groups is 2. The Morgan fingerprint density at radius 1 is 1.07 bits per heavy atom. The summed E-state index contributed by atoms with van der Waals surface area (Å²) in [6, 6.07) is 6.39. The van der Waals surface area contributed by atoms with Gasteiger partial charge in [-0.05, 0) is 44.7 Å². The van der Waals surface area contributed by atoms with Crippen molar-refractivity contribution >= 4 is 42.3 Å². The standard InChI is InChI=1S/C21H30N4O2.2ClH/c1-16-6-7-19(23-9-2-3-10-23)18(13-16)21(27)24-11-4-5-17(15-24)25-12-8-22-14-20(25)26;;/h6-7,13,17,22H,2-5,8-12,14-15H2,1H3;2*1H. The van der Waals surface area contributed by atoms with E-state index in [1.807, 2.05) is 22.8 Å². The molecule has 162 valence electrons. The Balaban J connectivity index is 0.00000150. The van der Waals surface area contributed by atoms with Crippen LogP contribution in [0.25, 0.3) is 0 Å². The molecule has 1 atom stereocenters. The number of anilines is 1. The summed E-state index contributed by atoms with van der Waals surface area (Å²) in [4.78, 5) is 32.0. The SMILES string of the molecule is Cc1ccc(N2CCCC2)c(C(=O)N2CCCC(N3CCNCC3=O)C2)c1.Cl.Cl. The average molecular weight is 443 g/mol. The number of benzene rings is 1. The number of carbonyl (C=O) groups excluding carboxylic acids is 2. The van der Waals surface area contributed by atoms with Gasteiger partial charge in [-0.2, -0.15) is 0 Å². The van der Waals surface area contributed by atoms with Crippen molar-refractivity contribution < 1.29 is 9.59 Å². The molecule has 1 aromatic carbocycles. The molecule has 1 N–H and O–H groups in total. The molecular weight excluding hydrogens is 411 g/mol. The van der Waals surface area contributed by atoms with E-state index in [1.54, 1.807) is 0 Å². The number of piperazine rings is 1. The first kappa shape index (κ1) is 23.8. The number of aryl methyl sites for hydroxylation is 1. The van der Waals surface area contributed by atoms with Gasteiger partial charge in [0.15, 0.2) is 0 Å². The van der Waals surface area contributed by atoms with Crippen molar-refractivity contribution in [2.75, 3.05) is 50.7 Å². The molecule has 2 amide bonds. The first-order valence-corrected chi connectivity index (χ1v) is 10.3. The number of hydrogen-bond acceptors (Lipinski definition) is 4. The van der Waals surface area contributed by atoms with Gasteiger partial charge in [-0.25, -0.2) is 0 Å². The van der Waals surface area contributed by atoms with Gasteiger partial charge in [-0.1, -0.05) is 11.6 Å². The molecule has 6 nitrogen and oxygen atoms in total. The maximum absolute atomic E-state index is 13.4. The third-order valence-electron chi connectivity index (χ3n) is 6.08. The summed E-state index contributed by atoms with van der Waals surface area (Å²) >= 11 is 0. The number of likely N-dealkylation sites (tertiary alicyclic amines) is 1. The first-order chi connectivity index (χ1) is 13.1. The number of halogens is 2. The highest BCUT2D eigenvalue weighted by Gasteiger charge is 2.33. The van der Waals surface area contributed by atoms with E-state index in [1.165, 1.54) is 12.8 Å². The van der Waals surface area contributed by atoms with E-state index in [4.69, 9.17) is 0 Å². The number of nitrogens with one attached hydrogen (secondary N) is 1. The predicted octanol–water partition coefficient (Wildman–Crippen LogP) is 2.48. The highest BCUT2D eigenvalue weighted by atomic mass is 35.5. The molecule has 0 radical (unpaired) electrons. The summed E-state index contributed by atoms with van der Waals surface area (Å²) in [6.07, 6.45) is 4.33. The van der Waals surface area contributed by atoms with Crippen LogP contribution < -0.4 is 10.2 Å². The molecule has 3 aliphatic heterocycles. The highest BCUT2D eigenvalue weighted by molar-refractivity contribution is 6.00. The van der Waals surface area contributed by atoms with Gasteiger partial charge in [0.25, 0.3) is 5.91 Å². The van der Waals surface area contributed by atoms with Crippen LogP contribution in [-0.4, -0.2) is 73.5 Å². The minimum atomic E-state index is 0. The summed E-state index contributed by atoms with van der Waals surface area (Å²) in [5.41, 5.74) is 3.01. The van der Waals surface area contributed by atoms with Gasteiger partial charge in [0, 0.05) is 51.0 Å². The number of hydrogen-bond donors (Lipinski definition) is 1. The maximum atomic E-state index is 13.4. The Kier molecular flexibility index (Phi) is 8.61. The molecular formula is C21H32Cl2N4O2. The Morgan fingerprint density at radius 3 is 2.55 bits per heavy atom. The zero-order valence-electron chi connectivity index (χ0n) is 17.1. The van der Waals surface area contributed by atoms with Gasteiger partial charge in [-0.3, -0.25) is 9.59 Å². The quantitative estimate of drug-likeness (QED) is 0.780. The summed E-state index contributed by atoms with van der Waals surface area (Å²) in [5.74, 6) is 0.279. The molecule has 1 unspecified atom stereocenters. The molecule has 3 fully saturated rings. The highest BCUT2D eigenvalue weighted by Crippen LogP contribution is 2.28. The molecule has 3 aliphatic rings. The molecule has 0 bridgehead atoms. The Morgan fingerprint density at radius 2 is 1.83 bits per heavy atom. The number of nitrogens with zero attached hydrogens (tertiary/aromatic N) is 3. The van der Waals surface area contributed by atoms with E-state index in [2.05, 4.69) is 22.3 Å². The normalized spacial score (nSPS) is 22.2. The first-order valence-electron chi connectivity index (χ1n) is 10.3. The van der Waals surface area contributed by atoms with Crippen LogP contribution in [0.2, 0.25) is 0 Å². The van der Waals surface area contributed by atoms with Gasteiger partial charge < -0.3 is 20.0 Å². The van der Waals surface area contributed by atoms with Crippen LogP contribution in [0.3, 0.4) is 0 Å². The molecule has 1 aromatic rings. The van der Waals surface area contributed by atoms with Crippen molar-refractivity contribution in [3.8, 4) is 0 Å². The van der Waals surface area contributed by atoms with E-state index in [-0.39, 0.29) is 42.7 Å².